The van der Waals surface area contributed by atoms with Crippen LogP contribution in [0.4, 0.5) is 5.69 Å². The Morgan fingerprint density at radius 3 is 2.40 bits per heavy atom. The van der Waals surface area contributed by atoms with Crippen molar-refractivity contribution >= 4 is 32.6 Å². The first-order valence-electron chi connectivity index (χ1n) is 14.1. The van der Waals surface area contributed by atoms with Crippen LogP contribution >= 0.6 is 0 Å². The Morgan fingerprint density at radius 1 is 0.953 bits per heavy atom. The lowest BCUT2D eigenvalue weighted by Gasteiger charge is -2.18. The molecule has 0 spiro atoms. The molecule has 0 radical (unpaired) electrons. The largest absolute Gasteiger partial charge is 0.321 e. The molecule has 1 atom stereocenters. The van der Waals surface area contributed by atoms with E-state index in [0.717, 1.165) is 25.3 Å². The summed E-state index contributed by atoms with van der Waals surface area (Å²) in [5, 5.41) is 8.79. The van der Waals surface area contributed by atoms with Crippen LogP contribution in [0.5, 0.6) is 0 Å². The zero-order valence-corrected chi connectivity index (χ0v) is 25.6. The highest BCUT2D eigenvalue weighted by Gasteiger charge is 2.17. The third kappa shape index (κ3) is 8.41. The summed E-state index contributed by atoms with van der Waals surface area (Å²) in [5.41, 5.74) is 3.24. The summed E-state index contributed by atoms with van der Waals surface area (Å²) in [6, 6.07) is 19.5. The van der Waals surface area contributed by atoms with Gasteiger partial charge in [-0.25, -0.2) is 4.21 Å². The van der Waals surface area contributed by atoms with Crippen LogP contribution in [-0.2, 0) is 16.8 Å². The van der Waals surface area contributed by atoms with Gasteiger partial charge in [-0.3, -0.25) is 24.0 Å². The number of aromatic nitrogens is 3. The first-order chi connectivity index (χ1) is 20.7. The van der Waals surface area contributed by atoms with E-state index in [1.807, 2.05) is 19.1 Å². The maximum atomic E-state index is 14.1. The molecule has 43 heavy (non-hydrogen) atoms. The molecule has 0 aliphatic heterocycles. The summed E-state index contributed by atoms with van der Waals surface area (Å²) in [6.45, 7) is 8.53. The number of nitrogens with one attached hydrogen (secondary N) is 2. The molecule has 1 unspecified atom stereocenters. The number of hydrogen-bond donors (Lipinski definition) is 2. The number of anilines is 1. The van der Waals surface area contributed by atoms with E-state index in [4.69, 9.17) is 0 Å². The van der Waals surface area contributed by atoms with Crippen LogP contribution in [0.25, 0.3) is 0 Å². The average Bonchev–Trinajstić information content (AvgIpc) is 3.36. The van der Waals surface area contributed by atoms with Gasteiger partial charge in [0.25, 0.3) is 11.8 Å². The topological polar surface area (TPSA) is 109 Å². The van der Waals surface area contributed by atoms with Gasteiger partial charge in [0.05, 0.1) is 21.0 Å². The van der Waals surface area contributed by atoms with E-state index in [2.05, 4.69) is 50.7 Å². The van der Waals surface area contributed by atoms with E-state index in [0.29, 0.717) is 33.8 Å². The third-order valence-electron chi connectivity index (χ3n) is 6.74. The summed E-state index contributed by atoms with van der Waals surface area (Å²) in [6.07, 6.45) is 3.54. The fraction of sp³-hybridized carbons (Fsp3) is 0.242. The number of aryl methyl sites for hydroxylation is 2. The minimum atomic E-state index is -2.99. The van der Waals surface area contributed by atoms with Gasteiger partial charge in [0.2, 0.25) is 0 Å². The Labute approximate surface area is 253 Å². The van der Waals surface area contributed by atoms with Crippen molar-refractivity contribution in [2.24, 2.45) is 7.05 Å². The van der Waals surface area contributed by atoms with Gasteiger partial charge in [0.15, 0.2) is 0 Å². The molecular weight excluding hydrogens is 560 g/mol. The molecule has 0 fully saturated rings. The molecule has 2 aromatic heterocycles. The maximum absolute atomic E-state index is 14.1. The number of carbonyl (C=O) groups is 2. The van der Waals surface area contributed by atoms with E-state index in [9.17, 15) is 13.8 Å². The fourth-order valence-electron chi connectivity index (χ4n) is 4.43. The molecule has 2 N–H and O–H groups in total. The van der Waals surface area contributed by atoms with E-state index < -0.39 is 15.6 Å². The van der Waals surface area contributed by atoms with Crippen LogP contribution in [0.2, 0.25) is 0 Å². The second-order valence-corrected chi connectivity index (χ2v) is 12.1. The van der Waals surface area contributed by atoms with Crippen LogP contribution in [0.3, 0.4) is 0 Å². The lowest BCUT2D eigenvalue weighted by Crippen LogP contribution is -2.33. The zero-order chi connectivity index (χ0) is 30.8. The molecule has 0 saturated heterocycles. The minimum absolute atomic E-state index is 0.250. The number of rotatable bonds is 10. The third-order valence-corrected chi connectivity index (χ3v) is 8.90. The molecule has 4 rings (SSSR count). The number of amides is 2. The summed E-state index contributed by atoms with van der Waals surface area (Å²) >= 11 is 0. The molecule has 0 aliphatic rings. The number of hydrogen-bond acceptors (Lipinski definition) is 6. The SMILES string of the molecule is CCN(CC)CCC=S(=O)(NC(=O)c1cncc(C#Cc2cccc(NC(=O)c3cc(C)nn3C)c2)c1)c1ccccc1. The number of pyridine rings is 1. The lowest BCUT2D eigenvalue weighted by molar-refractivity contribution is 0.0980. The summed E-state index contributed by atoms with van der Waals surface area (Å²) in [7, 11) is -1.27. The van der Waals surface area contributed by atoms with Crippen molar-refractivity contribution in [1.82, 2.24) is 24.4 Å². The Bertz CT molecular complexity index is 1770. The van der Waals surface area contributed by atoms with Crippen molar-refractivity contribution in [2.75, 3.05) is 25.0 Å². The number of carbonyl (C=O) groups excluding carboxylic acids is 2. The molecule has 10 heteroatoms. The second kappa shape index (κ2) is 14.4. The molecule has 2 aromatic carbocycles. The van der Waals surface area contributed by atoms with E-state index >= 15 is 0 Å². The molecule has 0 bridgehead atoms. The second-order valence-electron chi connectivity index (χ2n) is 9.87. The van der Waals surface area contributed by atoms with Crippen LogP contribution < -0.4 is 10.0 Å². The fourth-order valence-corrected chi connectivity index (χ4v) is 6.21. The summed E-state index contributed by atoms with van der Waals surface area (Å²) in [5.74, 6) is 5.32. The van der Waals surface area contributed by atoms with Crippen molar-refractivity contribution in [3.05, 3.63) is 107 Å². The first kappa shape index (κ1) is 31.2. The van der Waals surface area contributed by atoms with Gasteiger partial charge in [0, 0.05) is 47.7 Å². The molecule has 222 valence electrons. The van der Waals surface area contributed by atoms with Crippen molar-refractivity contribution < 1.29 is 13.8 Å². The molecular formula is C33H36N6O3S. The Balaban J connectivity index is 1.51. The van der Waals surface area contributed by atoms with Crippen LogP contribution in [0.1, 0.15) is 57.9 Å². The Hall–Kier alpha value is -4.72. The van der Waals surface area contributed by atoms with Gasteiger partial charge in [-0.2, -0.15) is 5.10 Å². The van der Waals surface area contributed by atoms with Crippen LogP contribution in [0, 0.1) is 18.8 Å². The van der Waals surface area contributed by atoms with Gasteiger partial charge in [-0.15, -0.1) is 0 Å². The Morgan fingerprint density at radius 2 is 1.70 bits per heavy atom. The van der Waals surface area contributed by atoms with Crippen molar-refractivity contribution in [3.8, 4) is 11.8 Å². The monoisotopic (exact) mass is 596 g/mol. The van der Waals surface area contributed by atoms with E-state index in [1.54, 1.807) is 73.2 Å². The van der Waals surface area contributed by atoms with E-state index in [-0.39, 0.29) is 11.5 Å². The predicted molar refractivity (Wildman–Crippen MR) is 171 cm³/mol. The highest BCUT2D eigenvalue weighted by atomic mass is 32.2. The predicted octanol–water partition coefficient (Wildman–Crippen LogP) is 4.30. The zero-order valence-electron chi connectivity index (χ0n) is 24.8. The number of benzene rings is 2. The Kier molecular flexibility index (Phi) is 10.5. The van der Waals surface area contributed by atoms with Crippen LogP contribution in [0.15, 0.2) is 84.0 Å². The molecule has 2 heterocycles. The number of nitrogens with zero attached hydrogens (tertiary/aromatic N) is 4. The smallest absolute Gasteiger partial charge is 0.273 e. The quantitative estimate of drug-likeness (QED) is 0.209. The molecule has 2 amide bonds. The van der Waals surface area contributed by atoms with Crippen LogP contribution in [-0.4, -0.2) is 60.7 Å². The minimum Gasteiger partial charge on any atom is -0.321 e. The van der Waals surface area contributed by atoms with Gasteiger partial charge in [-0.1, -0.05) is 50.0 Å². The van der Waals surface area contributed by atoms with Crippen molar-refractivity contribution in [1.29, 1.82) is 0 Å². The summed E-state index contributed by atoms with van der Waals surface area (Å²) < 4.78 is 18.4. The molecule has 0 aliphatic carbocycles. The highest BCUT2D eigenvalue weighted by molar-refractivity contribution is 8.00. The lowest BCUT2D eigenvalue weighted by atomic mass is 10.1. The molecule has 9 nitrogen and oxygen atoms in total. The van der Waals surface area contributed by atoms with Gasteiger partial charge in [0.1, 0.15) is 5.69 Å². The summed E-state index contributed by atoms with van der Waals surface area (Å²) in [4.78, 5) is 32.9. The van der Waals surface area contributed by atoms with Gasteiger partial charge in [-0.05, 0) is 74.3 Å². The molecule has 0 saturated carbocycles. The normalized spacial score (nSPS) is 12.1. The van der Waals surface area contributed by atoms with Gasteiger partial charge >= 0.3 is 0 Å². The average molecular weight is 597 g/mol. The van der Waals surface area contributed by atoms with Crippen molar-refractivity contribution in [3.63, 3.8) is 0 Å². The maximum Gasteiger partial charge on any atom is 0.273 e. The molecule has 4 aromatic rings. The highest BCUT2D eigenvalue weighted by Crippen LogP contribution is 2.14. The van der Waals surface area contributed by atoms with Gasteiger partial charge < -0.3 is 10.2 Å². The van der Waals surface area contributed by atoms with Crippen molar-refractivity contribution in [2.45, 2.75) is 32.1 Å². The first-order valence-corrected chi connectivity index (χ1v) is 15.7. The van der Waals surface area contributed by atoms with E-state index in [1.165, 1.54) is 10.9 Å². The standard InChI is InChI=1S/C33H36N6O3S/c1-5-39(6-2)18-11-19-43(42,30-14-8-7-9-15-30)37-32(40)28-21-27(23-34-24-28)17-16-26-12-10-13-29(22-26)35-33(41)31-20-25(3)36-38(31)4/h7-10,12-15,19-24H,5-6,11,18H2,1-4H3,(H,35,41)(H,37,40,42).